The van der Waals surface area contributed by atoms with Crippen LogP contribution in [0.1, 0.15) is 57.0 Å². The van der Waals surface area contributed by atoms with Gasteiger partial charge in [0, 0.05) is 17.3 Å². The smallest absolute Gasteiger partial charge is 0.224 e. The van der Waals surface area contributed by atoms with Crippen LogP contribution in [0.4, 0.5) is 4.39 Å². The SMILES string of the molecule is Cc1nn(-c2ccc(F)cc2)c(C)c1CC(=O)NC(C)CCCC(C)C. The Bertz CT molecular complexity index is 734. The summed E-state index contributed by atoms with van der Waals surface area (Å²) in [5.41, 5.74) is 3.47. The lowest BCUT2D eigenvalue weighted by Crippen LogP contribution is -2.33. The third-order valence-corrected chi connectivity index (χ3v) is 4.68. The second-order valence-electron chi connectivity index (χ2n) is 7.51. The van der Waals surface area contributed by atoms with Crippen molar-refractivity contribution in [3.8, 4) is 5.69 Å². The second kappa shape index (κ2) is 8.97. The predicted molar refractivity (Wildman–Crippen MR) is 103 cm³/mol. The summed E-state index contributed by atoms with van der Waals surface area (Å²) in [7, 11) is 0. The summed E-state index contributed by atoms with van der Waals surface area (Å²) in [4.78, 5) is 12.4. The van der Waals surface area contributed by atoms with E-state index in [9.17, 15) is 9.18 Å². The van der Waals surface area contributed by atoms with Crippen molar-refractivity contribution in [2.24, 2.45) is 5.92 Å². The molecule has 2 aromatic rings. The van der Waals surface area contributed by atoms with Gasteiger partial charge in [-0.25, -0.2) is 9.07 Å². The van der Waals surface area contributed by atoms with Crippen LogP contribution in [0.25, 0.3) is 5.69 Å². The van der Waals surface area contributed by atoms with E-state index in [1.807, 2.05) is 13.8 Å². The minimum atomic E-state index is -0.277. The van der Waals surface area contributed by atoms with Crippen LogP contribution in [-0.2, 0) is 11.2 Å². The van der Waals surface area contributed by atoms with Crippen molar-refractivity contribution in [3.63, 3.8) is 0 Å². The van der Waals surface area contributed by atoms with Crippen LogP contribution in [-0.4, -0.2) is 21.7 Å². The van der Waals surface area contributed by atoms with E-state index in [0.29, 0.717) is 12.3 Å². The van der Waals surface area contributed by atoms with Crippen LogP contribution in [0.15, 0.2) is 24.3 Å². The summed E-state index contributed by atoms with van der Waals surface area (Å²) in [6.45, 7) is 10.3. The quantitative estimate of drug-likeness (QED) is 0.754. The summed E-state index contributed by atoms with van der Waals surface area (Å²) >= 11 is 0. The minimum Gasteiger partial charge on any atom is -0.353 e. The van der Waals surface area contributed by atoms with Gasteiger partial charge in [0.15, 0.2) is 0 Å². The van der Waals surface area contributed by atoms with E-state index >= 15 is 0 Å². The molecule has 0 fully saturated rings. The number of hydrogen-bond donors (Lipinski definition) is 1. The lowest BCUT2D eigenvalue weighted by molar-refractivity contribution is -0.121. The highest BCUT2D eigenvalue weighted by atomic mass is 19.1. The Hall–Kier alpha value is -2.17. The molecule has 0 spiro atoms. The van der Waals surface area contributed by atoms with Crippen molar-refractivity contribution in [1.29, 1.82) is 0 Å². The molecular formula is C21H30FN3O. The van der Waals surface area contributed by atoms with Crippen LogP contribution in [0.3, 0.4) is 0 Å². The first kappa shape index (κ1) is 20.1. The van der Waals surface area contributed by atoms with Gasteiger partial charge in [0.05, 0.1) is 17.8 Å². The summed E-state index contributed by atoms with van der Waals surface area (Å²) in [5.74, 6) is 0.439. The number of nitrogens with zero attached hydrogens (tertiary/aromatic N) is 2. The lowest BCUT2D eigenvalue weighted by Gasteiger charge is -2.14. The molecule has 1 N–H and O–H groups in total. The Kier molecular flexibility index (Phi) is 6.95. The third kappa shape index (κ3) is 5.41. The monoisotopic (exact) mass is 359 g/mol. The van der Waals surface area contributed by atoms with Crippen molar-refractivity contribution in [2.75, 3.05) is 0 Å². The molecule has 1 aromatic heterocycles. The third-order valence-electron chi connectivity index (χ3n) is 4.68. The molecule has 142 valence electrons. The minimum absolute atomic E-state index is 0.0203. The van der Waals surface area contributed by atoms with Crippen LogP contribution in [0.2, 0.25) is 0 Å². The number of halogens is 1. The van der Waals surface area contributed by atoms with Gasteiger partial charge in [-0.2, -0.15) is 5.10 Å². The summed E-state index contributed by atoms with van der Waals surface area (Å²) in [6.07, 6.45) is 3.62. The van der Waals surface area contributed by atoms with Gasteiger partial charge in [0.1, 0.15) is 5.82 Å². The van der Waals surface area contributed by atoms with Gasteiger partial charge in [0.2, 0.25) is 5.91 Å². The van der Waals surface area contributed by atoms with Crippen molar-refractivity contribution in [2.45, 2.75) is 66.3 Å². The highest BCUT2D eigenvalue weighted by Crippen LogP contribution is 2.19. The number of aromatic nitrogens is 2. The number of amides is 1. The van der Waals surface area contributed by atoms with E-state index in [0.717, 1.165) is 35.5 Å². The maximum atomic E-state index is 13.1. The van der Waals surface area contributed by atoms with Gasteiger partial charge in [-0.15, -0.1) is 0 Å². The maximum Gasteiger partial charge on any atom is 0.224 e. The van der Waals surface area contributed by atoms with Crippen LogP contribution < -0.4 is 5.32 Å². The lowest BCUT2D eigenvalue weighted by atomic mass is 10.0. The van der Waals surface area contributed by atoms with Gasteiger partial charge in [-0.05, 0) is 57.4 Å². The molecule has 0 aliphatic heterocycles. The number of aryl methyl sites for hydroxylation is 1. The van der Waals surface area contributed by atoms with E-state index in [2.05, 4.69) is 31.2 Å². The molecule has 2 rings (SSSR count). The van der Waals surface area contributed by atoms with E-state index in [1.165, 1.54) is 18.6 Å². The normalized spacial score (nSPS) is 12.4. The fourth-order valence-corrected chi connectivity index (χ4v) is 3.16. The average Bonchev–Trinajstić information content (AvgIpc) is 2.83. The van der Waals surface area contributed by atoms with Gasteiger partial charge in [0.25, 0.3) is 0 Å². The number of carbonyl (C=O) groups is 1. The Morgan fingerprint density at radius 3 is 2.42 bits per heavy atom. The van der Waals surface area contributed by atoms with Crippen molar-refractivity contribution in [3.05, 3.63) is 47.0 Å². The van der Waals surface area contributed by atoms with Gasteiger partial charge >= 0.3 is 0 Å². The fraction of sp³-hybridized carbons (Fsp3) is 0.524. The largest absolute Gasteiger partial charge is 0.353 e. The highest BCUT2D eigenvalue weighted by molar-refractivity contribution is 5.79. The van der Waals surface area contributed by atoms with Crippen molar-refractivity contribution >= 4 is 5.91 Å². The van der Waals surface area contributed by atoms with Gasteiger partial charge in [-0.3, -0.25) is 4.79 Å². The van der Waals surface area contributed by atoms with E-state index in [4.69, 9.17) is 0 Å². The van der Waals surface area contributed by atoms with E-state index in [1.54, 1.807) is 16.8 Å². The molecule has 5 heteroatoms. The first-order chi connectivity index (χ1) is 12.3. The first-order valence-corrected chi connectivity index (χ1v) is 9.38. The fourth-order valence-electron chi connectivity index (χ4n) is 3.16. The summed E-state index contributed by atoms with van der Waals surface area (Å²) in [6, 6.07) is 6.38. The van der Waals surface area contributed by atoms with Crippen LogP contribution in [0, 0.1) is 25.6 Å². The molecule has 26 heavy (non-hydrogen) atoms. The molecule has 1 unspecified atom stereocenters. The van der Waals surface area contributed by atoms with Gasteiger partial charge < -0.3 is 5.32 Å². The van der Waals surface area contributed by atoms with Crippen molar-refractivity contribution in [1.82, 2.24) is 15.1 Å². The number of nitrogens with one attached hydrogen (secondary N) is 1. The standard InChI is InChI=1S/C21H30FN3O/c1-14(2)7-6-8-15(3)23-21(26)13-20-16(4)24-25(17(20)5)19-11-9-18(22)10-12-19/h9-12,14-15H,6-8,13H2,1-5H3,(H,23,26). The maximum absolute atomic E-state index is 13.1. The number of rotatable bonds is 8. The number of carbonyl (C=O) groups excluding carboxylic acids is 1. The average molecular weight is 359 g/mol. The summed E-state index contributed by atoms with van der Waals surface area (Å²) < 4.78 is 14.9. The van der Waals surface area contributed by atoms with E-state index < -0.39 is 0 Å². The molecule has 0 radical (unpaired) electrons. The first-order valence-electron chi connectivity index (χ1n) is 9.38. The molecule has 0 aliphatic rings. The zero-order chi connectivity index (χ0) is 19.3. The molecule has 1 aromatic carbocycles. The van der Waals surface area contributed by atoms with Crippen molar-refractivity contribution < 1.29 is 9.18 Å². The summed E-state index contributed by atoms with van der Waals surface area (Å²) in [5, 5.41) is 7.61. The molecule has 1 atom stereocenters. The van der Waals surface area contributed by atoms with Gasteiger partial charge in [-0.1, -0.05) is 26.7 Å². The molecule has 0 saturated carbocycles. The highest BCUT2D eigenvalue weighted by Gasteiger charge is 2.17. The zero-order valence-corrected chi connectivity index (χ0v) is 16.5. The van der Waals surface area contributed by atoms with Crippen LogP contribution >= 0.6 is 0 Å². The predicted octanol–water partition coefficient (Wildman–Crippen LogP) is 4.50. The topological polar surface area (TPSA) is 46.9 Å². The molecule has 0 aliphatic carbocycles. The Balaban J connectivity index is 2.01. The molecule has 0 saturated heterocycles. The molecule has 1 amide bonds. The Morgan fingerprint density at radius 1 is 1.15 bits per heavy atom. The zero-order valence-electron chi connectivity index (χ0n) is 16.5. The number of benzene rings is 1. The Morgan fingerprint density at radius 2 is 1.81 bits per heavy atom. The Labute approximate surface area is 155 Å². The molecule has 4 nitrogen and oxygen atoms in total. The van der Waals surface area contributed by atoms with Crippen LogP contribution in [0.5, 0.6) is 0 Å². The molecular weight excluding hydrogens is 329 g/mol. The second-order valence-corrected chi connectivity index (χ2v) is 7.51. The van der Waals surface area contributed by atoms with E-state index in [-0.39, 0.29) is 17.8 Å². The molecule has 0 bridgehead atoms. The number of hydrogen-bond acceptors (Lipinski definition) is 2. The molecule has 1 heterocycles.